The Morgan fingerprint density at radius 2 is 1.78 bits per heavy atom. The van der Waals surface area contributed by atoms with Gasteiger partial charge >= 0.3 is 0 Å². The van der Waals surface area contributed by atoms with Gasteiger partial charge in [0.15, 0.2) is 0 Å². The molecule has 0 aromatic heterocycles. The lowest BCUT2D eigenvalue weighted by Crippen LogP contribution is -1.92. The van der Waals surface area contributed by atoms with Crippen molar-refractivity contribution in [1.29, 1.82) is 0 Å². The molecule has 18 heavy (non-hydrogen) atoms. The van der Waals surface area contributed by atoms with E-state index in [1.165, 1.54) is 62.5 Å². The van der Waals surface area contributed by atoms with Crippen LogP contribution in [-0.2, 0) is 12.8 Å². The van der Waals surface area contributed by atoms with Crippen molar-refractivity contribution in [3.8, 4) is 5.75 Å². The summed E-state index contributed by atoms with van der Waals surface area (Å²) in [5.41, 5.74) is 3.00. The van der Waals surface area contributed by atoms with Crippen LogP contribution in [0, 0.1) is 0 Å². The smallest absolute Gasteiger partial charge is 0.122 e. The van der Waals surface area contributed by atoms with Gasteiger partial charge in [-0.1, -0.05) is 57.6 Å². The molecule has 0 unspecified atom stereocenters. The minimum absolute atomic E-state index is 0.878. The molecule has 1 heterocycles. The highest BCUT2D eigenvalue weighted by Crippen LogP contribution is 2.29. The molecule has 0 saturated heterocycles. The SMILES string of the molecule is CCCCCCCCCc1cccc2c1CCO2. The number of hydrogen-bond acceptors (Lipinski definition) is 1. The quantitative estimate of drug-likeness (QED) is 0.592. The van der Waals surface area contributed by atoms with E-state index in [2.05, 4.69) is 25.1 Å². The highest BCUT2D eigenvalue weighted by atomic mass is 16.5. The van der Waals surface area contributed by atoms with Gasteiger partial charge in [-0.15, -0.1) is 0 Å². The molecule has 0 amide bonds. The third kappa shape index (κ3) is 3.76. The number of benzene rings is 1. The summed E-state index contributed by atoms with van der Waals surface area (Å²) in [5, 5.41) is 0. The Bertz CT molecular complexity index is 357. The van der Waals surface area contributed by atoms with Crippen molar-refractivity contribution in [2.75, 3.05) is 6.61 Å². The summed E-state index contributed by atoms with van der Waals surface area (Å²) in [7, 11) is 0. The maximum Gasteiger partial charge on any atom is 0.122 e. The number of fused-ring (bicyclic) bond motifs is 1. The predicted octanol–water partition coefficient (Wildman–Crippen LogP) is 4.91. The van der Waals surface area contributed by atoms with Gasteiger partial charge in [0.1, 0.15) is 5.75 Å². The monoisotopic (exact) mass is 246 g/mol. The van der Waals surface area contributed by atoms with Gasteiger partial charge in [-0.3, -0.25) is 0 Å². The second kappa shape index (κ2) is 7.45. The van der Waals surface area contributed by atoms with Crippen molar-refractivity contribution in [3.63, 3.8) is 0 Å². The maximum absolute atomic E-state index is 5.61. The predicted molar refractivity (Wildman–Crippen MR) is 77.3 cm³/mol. The van der Waals surface area contributed by atoms with Crippen LogP contribution in [0.25, 0.3) is 0 Å². The lowest BCUT2D eigenvalue weighted by molar-refractivity contribution is 0.357. The Morgan fingerprint density at radius 3 is 2.61 bits per heavy atom. The van der Waals surface area contributed by atoms with Gasteiger partial charge in [0.05, 0.1) is 6.61 Å². The van der Waals surface area contributed by atoms with Gasteiger partial charge in [-0.05, 0) is 24.5 Å². The first-order valence-electron chi connectivity index (χ1n) is 7.65. The maximum atomic E-state index is 5.61. The fourth-order valence-electron chi connectivity index (χ4n) is 2.80. The van der Waals surface area contributed by atoms with Gasteiger partial charge in [-0.25, -0.2) is 0 Å². The fourth-order valence-corrected chi connectivity index (χ4v) is 2.80. The van der Waals surface area contributed by atoms with Crippen molar-refractivity contribution >= 4 is 0 Å². The second-order valence-corrected chi connectivity index (χ2v) is 5.36. The number of ether oxygens (including phenoxy) is 1. The van der Waals surface area contributed by atoms with E-state index in [9.17, 15) is 0 Å². The van der Waals surface area contributed by atoms with Crippen LogP contribution in [0.4, 0.5) is 0 Å². The summed E-state index contributed by atoms with van der Waals surface area (Å²) < 4.78 is 5.61. The summed E-state index contributed by atoms with van der Waals surface area (Å²) >= 11 is 0. The van der Waals surface area contributed by atoms with Gasteiger partial charge in [0, 0.05) is 12.0 Å². The highest BCUT2D eigenvalue weighted by Gasteiger charge is 2.14. The molecule has 1 nitrogen and oxygen atoms in total. The van der Waals surface area contributed by atoms with E-state index in [-0.39, 0.29) is 0 Å². The van der Waals surface area contributed by atoms with E-state index < -0.39 is 0 Å². The molecule has 1 aliphatic heterocycles. The number of rotatable bonds is 8. The molecule has 0 spiro atoms. The molecule has 0 N–H and O–H groups in total. The Morgan fingerprint density at radius 1 is 1.00 bits per heavy atom. The van der Waals surface area contributed by atoms with Crippen molar-refractivity contribution in [2.24, 2.45) is 0 Å². The molecule has 0 radical (unpaired) electrons. The van der Waals surface area contributed by atoms with Crippen LogP contribution >= 0.6 is 0 Å². The van der Waals surface area contributed by atoms with Crippen LogP contribution in [0.1, 0.15) is 63.0 Å². The average molecular weight is 246 g/mol. The molecule has 2 rings (SSSR count). The third-order valence-electron chi connectivity index (χ3n) is 3.89. The van der Waals surface area contributed by atoms with Crippen LogP contribution in [0.2, 0.25) is 0 Å². The summed E-state index contributed by atoms with van der Waals surface area (Å²) in [6.45, 7) is 3.15. The summed E-state index contributed by atoms with van der Waals surface area (Å²) in [4.78, 5) is 0. The van der Waals surface area contributed by atoms with Crippen molar-refractivity contribution in [3.05, 3.63) is 29.3 Å². The molecule has 0 fully saturated rings. The topological polar surface area (TPSA) is 9.23 Å². The number of unbranched alkanes of at least 4 members (excludes halogenated alkanes) is 6. The second-order valence-electron chi connectivity index (χ2n) is 5.36. The first kappa shape index (κ1) is 13.5. The van der Waals surface area contributed by atoms with E-state index in [1.807, 2.05) is 0 Å². The van der Waals surface area contributed by atoms with Gasteiger partial charge in [0.2, 0.25) is 0 Å². The number of aryl methyl sites for hydroxylation is 1. The van der Waals surface area contributed by atoms with Crippen molar-refractivity contribution in [2.45, 2.75) is 64.7 Å². The van der Waals surface area contributed by atoms with Crippen LogP contribution in [0.15, 0.2) is 18.2 Å². The molecule has 0 saturated carbocycles. The molecule has 100 valence electrons. The van der Waals surface area contributed by atoms with Crippen LogP contribution < -0.4 is 4.74 Å². The average Bonchev–Trinajstić information content (AvgIpc) is 2.86. The molecular weight excluding hydrogens is 220 g/mol. The zero-order valence-corrected chi connectivity index (χ0v) is 11.7. The van der Waals surface area contributed by atoms with Crippen LogP contribution in [-0.4, -0.2) is 6.61 Å². The zero-order valence-electron chi connectivity index (χ0n) is 11.7. The van der Waals surface area contributed by atoms with Crippen LogP contribution in [0.5, 0.6) is 5.75 Å². The minimum atomic E-state index is 0.878. The molecule has 1 aliphatic rings. The van der Waals surface area contributed by atoms with E-state index in [4.69, 9.17) is 4.74 Å². The largest absolute Gasteiger partial charge is 0.493 e. The standard InChI is InChI=1S/C17H26O/c1-2-3-4-5-6-7-8-10-15-11-9-12-17-16(15)13-14-18-17/h9,11-12H,2-8,10,13-14H2,1H3. The van der Waals surface area contributed by atoms with E-state index in [1.54, 1.807) is 0 Å². The van der Waals surface area contributed by atoms with Gasteiger partial charge < -0.3 is 4.74 Å². The Hall–Kier alpha value is -0.980. The van der Waals surface area contributed by atoms with Gasteiger partial charge in [-0.2, -0.15) is 0 Å². The Labute approximate surface area is 112 Å². The Kier molecular flexibility index (Phi) is 5.57. The van der Waals surface area contributed by atoms with E-state index in [0.29, 0.717) is 0 Å². The number of hydrogen-bond donors (Lipinski definition) is 0. The molecule has 0 atom stereocenters. The fraction of sp³-hybridized carbons (Fsp3) is 0.647. The summed E-state index contributed by atoms with van der Waals surface area (Å²) in [6.07, 6.45) is 12.1. The van der Waals surface area contributed by atoms with Gasteiger partial charge in [0.25, 0.3) is 0 Å². The third-order valence-corrected chi connectivity index (χ3v) is 3.89. The Balaban J connectivity index is 1.66. The van der Waals surface area contributed by atoms with Crippen LogP contribution in [0.3, 0.4) is 0 Å². The molecule has 1 aromatic rings. The molecule has 0 aliphatic carbocycles. The minimum Gasteiger partial charge on any atom is -0.493 e. The summed E-state index contributed by atoms with van der Waals surface area (Å²) in [6, 6.07) is 6.53. The van der Waals surface area contributed by atoms with E-state index >= 15 is 0 Å². The molecule has 1 aromatic carbocycles. The van der Waals surface area contributed by atoms with E-state index in [0.717, 1.165) is 18.8 Å². The first-order chi connectivity index (χ1) is 8.92. The molecule has 1 heteroatoms. The molecule has 0 bridgehead atoms. The molecular formula is C17H26O. The van der Waals surface area contributed by atoms with Crippen molar-refractivity contribution in [1.82, 2.24) is 0 Å². The zero-order chi connectivity index (χ0) is 12.6. The highest BCUT2D eigenvalue weighted by molar-refractivity contribution is 5.42. The lowest BCUT2D eigenvalue weighted by Gasteiger charge is -2.06. The normalized spacial score (nSPS) is 13.4. The summed E-state index contributed by atoms with van der Waals surface area (Å²) in [5.74, 6) is 1.13. The first-order valence-corrected chi connectivity index (χ1v) is 7.65. The van der Waals surface area contributed by atoms with Crippen molar-refractivity contribution < 1.29 is 4.74 Å². The lowest BCUT2D eigenvalue weighted by atomic mass is 9.99.